The second-order valence-corrected chi connectivity index (χ2v) is 21.2. The standard InChI is InChI=1S/C47H85O19P3.H3N/c1-3-5-7-9-11-13-15-17-19-20-22-24-26-28-30-32-34-36-41(49)63-39(37-61-40(48)35-33-31-29-27-25-23-21-18-16-14-12-10-8-6-4-2)38-62-69(59,60)66-45-42(50)43(51)46(64-67(53,54)55)47(44(45)52)65-68(56,57)58;/h11,13,17,19,22,24,28,30,39,42-47,50-52H,3-10,12,14-16,18,20-21,23,25-27,29,31-38H2,1-2H3,(H,59,60)(H2,53,54,55)(H2,56,57,58);1H3. The monoisotopic (exact) mass is 1060 g/mol. The molecule has 0 aliphatic heterocycles. The topological polar surface area (TPSA) is 338 Å². The van der Waals surface area contributed by atoms with Crippen molar-refractivity contribution in [2.45, 2.75) is 224 Å². The van der Waals surface area contributed by atoms with Crippen molar-refractivity contribution in [1.82, 2.24) is 6.15 Å². The molecule has 0 bridgehead atoms. The summed E-state index contributed by atoms with van der Waals surface area (Å²) in [5, 5.41) is 31.9. The van der Waals surface area contributed by atoms with E-state index in [1.54, 1.807) is 0 Å². The molecule has 70 heavy (non-hydrogen) atoms. The number of unbranched alkanes of at least 4 members (excludes halogenated alkanes) is 18. The quantitative estimate of drug-likeness (QED) is 0.0119. The molecular formula is C47H88NO19P3. The number of carbonyl (C=O) groups is 2. The molecule has 410 valence electrons. The highest BCUT2D eigenvalue weighted by Crippen LogP contribution is 2.51. The zero-order chi connectivity index (χ0) is 51.4. The van der Waals surface area contributed by atoms with Crippen molar-refractivity contribution in [3.63, 3.8) is 0 Å². The average molecular weight is 1060 g/mol. The van der Waals surface area contributed by atoms with Crippen LogP contribution in [-0.4, -0.2) is 108 Å². The smallest absolute Gasteiger partial charge is 0.462 e. The number of aliphatic hydroxyl groups excluding tert-OH is 3. The van der Waals surface area contributed by atoms with Gasteiger partial charge in [0.1, 0.15) is 43.2 Å². The molecule has 0 aromatic heterocycles. The number of ether oxygens (including phenoxy) is 2. The van der Waals surface area contributed by atoms with E-state index in [2.05, 4.69) is 53.3 Å². The maximum absolute atomic E-state index is 13.1. The lowest BCUT2D eigenvalue weighted by atomic mass is 9.85. The molecule has 0 aromatic carbocycles. The lowest BCUT2D eigenvalue weighted by Gasteiger charge is -2.44. The number of esters is 2. The second kappa shape index (κ2) is 40.5. The van der Waals surface area contributed by atoms with E-state index in [-0.39, 0.29) is 19.0 Å². The highest BCUT2D eigenvalue weighted by atomic mass is 31.2. The third-order valence-corrected chi connectivity index (χ3v) is 13.2. The second-order valence-electron chi connectivity index (χ2n) is 17.4. The number of allylic oxidation sites excluding steroid dienone is 8. The number of phosphoric acid groups is 3. The van der Waals surface area contributed by atoms with E-state index >= 15 is 0 Å². The molecule has 1 fully saturated rings. The Kier molecular flexibility index (Phi) is 39.3. The lowest BCUT2D eigenvalue weighted by molar-refractivity contribution is -0.213. The third-order valence-electron chi connectivity index (χ3n) is 11.1. The average Bonchev–Trinajstić information content (AvgIpc) is 3.28. The Labute approximate surface area is 416 Å². The fourth-order valence-corrected chi connectivity index (χ4v) is 9.50. The third kappa shape index (κ3) is 36.1. The molecule has 0 aromatic rings. The molecule has 8 unspecified atom stereocenters. The fraction of sp³-hybridized carbons (Fsp3) is 0.787. The summed E-state index contributed by atoms with van der Waals surface area (Å²) in [6.07, 6.45) is 25.6. The highest BCUT2D eigenvalue weighted by Gasteiger charge is 2.56. The number of phosphoric ester groups is 3. The number of carbonyl (C=O) groups excluding carboxylic acids is 2. The van der Waals surface area contributed by atoms with Crippen molar-refractivity contribution in [3.05, 3.63) is 48.6 Å². The highest BCUT2D eigenvalue weighted by molar-refractivity contribution is 7.47. The van der Waals surface area contributed by atoms with Gasteiger partial charge in [-0.3, -0.25) is 27.7 Å². The van der Waals surface area contributed by atoms with E-state index in [9.17, 15) is 63.1 Å². The molecule has 23 heteroatoms. The Morgan fingerprint density at radius 1 is 0.471 bits per heavy atom. The Balaban J connectivity index is 0.0000476. The van der Waals surface area contributed by atoms with E-state index in [1.165, 1.54) is 83.5 Å². The van der Waals surface area contributed by atoms with Crippen molar-refractivity contribution < 1.29 is 90.6 Å². The summed E-state index contributed by atoms with van der Waals surface area (Å²) in [5.74, 6) is -1.36. The summed E-state index contributed by atoms with van der Waals surface area (Å²) in [5.41, 5.74) is 0. The van der Waals surface area contributed by atoms with Gasteiger partial charge in [0.15, 0.2) is 6.10 Å². The molecule has 8 atom stereocenters. The zero-order valence-corrected chi connectivity index (χ0v) is 44.3. The number of aliphatic hydroxyl groups is 3. The van der Waals surface area contributed by atoms with Crippen LogP contribution in [0.2, 0.25) is 0 Å². The maximum atomic E-state index is 13.1. The molecule has 11 N–H and O–H groups in total. The van der Waals surface area contributed by atoms with E-state index in [1.807, 2.05) is 18.2 Å². The van der Waals surface area contributed by atoms with Crippen LogP contribution in [-0.2, 0) is 50.9 Å². The molecule has 0 radical (unpaired) electrons. The first-order valence-electron chi connectivity index (χ1n) is 24.9. The summed E-state index contributed by atoms with van der Waals surface area (Å²) in [4.78, 5) is 73.3. The summed E-state index contributed by atoms with van der Waals surface area (Å²) in [6, 6.07) is 0. The van der Waals surface area contributed by atoms with Crippen LogP contribution < -0.4 is 6.15 Å². The summed E-state index contributed by atoms with van der Waals surface area (Å²) in [7, 11) is -16.6. The van der Waals surface area contributed by atoms with Crippen LogP contribution in [0.5, 0.6) is 0 Å². The van der Waals surface area contributed by atoms with Gasteiger partial charge in [0.2, 0.25) is 0 Å². The van der Waals surface area contributed by atoms with Crippen LogP contribution >= 0.6 is 23.5 Å². The number of hydrogen-bond acceptors (Lipinski definition) is 15. The molecule has 20 nitrogen and oxygen atoms in total. The Morgan fingerprint density at radius 3 is 1.33 bits per heavy atom. The predicted molar refractivity (Wildman–Crippen MR) is 266 cm³/mol. The Bertz CT molecular complexity index is 1640. The van der Waals surface area contributed by atoms with Gasteiger partial charge in [-0.15, -0.1) is 0 Å². The minimum Gasteiger partial charge on any atom is -0.462 e. The summed E-state index contributed by atoms with van der Waals surface area (Å²) < 4.78 is 65.5. The van der Waals surface area contributed by atoms with E-state index in [0.717, 1.165) is 44.9 Å². The van der Waals surface area contributed by atoms with Crippen LogP contribution in [0.15, 0.2) is 48.6 Å². The first-order chi connectivity index (χ1) is 32.8. The van der Waals surface area contributed by atoms with Gasteiger partial charge < -0.3 is 55.4 Å². The lowest BCUT2D eigenvalue weighted by Crippen LogP contribution is -2.65. The predicted octanol–water partition coefficient (Wildman–Crippen LogP) is 9.56. The van der Waals surface area contributed by atoms with Gasteiger partial charge in [0.05, 0.1) is 6.61 Å². The number of rotatable bonds is 42. The molecular weight excluding hydrogens is 975 g/mol. The Morgan fingerprint density at radius 2 is 0.857 bits per heavy atom. The number of hydrogen-bond donors (Lipinski definition) is 9. The molecule has 0 saturated heterocycles. The summed E-state index contributed by atoms with van der Waals surface area (Å²) in [6.45, 7) is 2.88. The van der Waals surface area contributed by atoms with Gasteiger partial charge >= 0.3 is 35.4 Å². The fourth-order valence-electron chi connectivity index (χ4n) is 7.40. The minimum absolute atomic E-state index is 0. The van der Waals surface area contributed by atoms with E-state index in [4.69, 9.17) is 18.5 Å². The van der Waals surface area contributed by atoms with Crippen molar-refractivity contribution >= 4 is 35.4 Å². The minimum atomic E-state index is -5.61. The molecule has 0 spiro atoms. The first-order valence-corrected chi connectivity index (χ1v) is 29.5. The normalized spacial score (nSPS) is 21.4. The zero-order valence-electron chi connectivity index (χ0n) is 41.6. The van der Waals surface area contributed by atoms with Crippen LogP contribution in [0, 0.1) is 0 Å². The van der Waals surface area contributed by atoms with Crippen LogP contribution in [0.3, 0.4) is 0 Å². The maximum Gasteiger partial charge on any atom is 0.472 e. The van der Waals surface area contributed by atoms with Gasteiger partial charge in [0, 0.05) is 12.8 Å². The molecule has 1 aliphatic rings. The summed E-state index contributed by atoms with van der Waals surface area (Å²) >= 11 is 0. The van der Waals surface area contributed by atoms with E-state index in [0.29, 0.717) is 25.7 Å². The van der Waals surface area contributed by atoms with Crippen LogP contribution in [0.25, 0.3) is 0 Å². The molecule has 0 amide bonds. The van der Waals surface area contributed by atoms with Crippen LogP contribution in [0.4, 0.5) is 0 Å². The largest absolute Gasteiger partial charge is 0.472 e. The van der Waals surface area contributed by atoms with Gasteiger partial charge in [-0.2, -0.15) is 0 Å². The van der Waals surface area contributed by atoms with Gasteiger partial charge in [-0.05, 0) is 51.4 Å². The molecule has 0 heterocycles. The SMILES string of the molecule is CCCCCC=CCC=CCC=CCC=CCCCC(=O)OC(COC(=O)CCCCCCCCCCCCCCCCC)COP(=O)(O)OC1C(O)C(O)C(OP(=O)(O)O)C(OP(=O)(O)O)C1O.N. The Hall–Kier alpha value is -1.93. The molecule has 1 saturated carbocycles. The van der Waals surface area contributed by atoms with Crippen molar-refractivity contribution in [3.8, 4) is 0 Å². The molecule has 1 rings (SSSR count). The van der Waals surface area contributed by atoms with Gasteiger partial charge in [-0.25, -0.2) is 13.7 Å². The van der Waals surface area contributed by atoms with Crippen molar-refractivity contribution in [2.75, 3.05) is 13.2 Å². The van der Waals surface area contributed by atoms with Gasteiger partial charge in [-0.1, -0.05) is 165 Å². The van der Waals surface area contributed by atoms with Crippen LogP contribution in [0.1, 0.15) is 181 Å². The molecule has 1 aliphatic carbocycles. The first kappa shape index (κ1) is 68.1. The van der Waals surface area contributed by atoms with Crippen molar-refractivity contribution in [2.24, 2.45) is 0 Å². The van der Waals surface area contributed by atoms with Gasteiger partial charge in [0.25, 0.3) is 0 Å². The van der Waals surface area contributed by atoms with E-state index < -0.39 is 91.3 Å². The van der Waals surface area contributed by atoms with Crippen molar-refractivity contribution in [1.29, 1.82) is 0 Å².